The number of hydrogen-bond acceptors (Lipinski definition) is 2. The van der Waals surface area contributed by atoms with Crippen molar-refractivity contribution in [2.45, 2.75) is 86.0 Å². The van der Waals surface area contributed by atoms with Crippen molar-refractivity contribution in [3.8, 4) is 0 Å². The van der Waals surface area contributed by atoms with Gasteiger partial charge in [-0.3, -0.25) is 0 Å². The lowest BCUT2D eigenvalue weighted by Crippen LogP contribution is -2.23. The first-order chi connectivity index (χ1) is 9.86. The van der Waals surface area contributed by atoms with Crippen LogP contribution in [0.4, 0.5) is 0 Å². The fourth-order valence-corrected chi connectivity index (χ4v) is 2.62. The van der Waals surface area contributed by atoms with E-state index in [9.17, 15) is 0 Å². The Morgan fingerprint density at radius 3 is 2.48 bits per heavy atom. The first-order valence-electron chi connectivity index (χ1n) is 8.57. The molecule has 1 aliphatic carbocycles. The molecule has 0 amide bonds. The first-order valence-corrected chi connectivity index (χ1v) is 8.57. The SMILES string of the molecule is CCCCC(CC)OC(C)OC1=CCC(C(C)(C)C)C=C1. The van der Waals surface area contributed by atoms with Crippen LogP contribution < -0.4 is 0 Å². The topological polar surface area (TPSA) is 18.5 Å². The Kier molecular flexibility index (Phi) is 7.51. The van der Waals surface area contributed by atoms with Gasteiger partial charge in [-0.05, 0) is 49.7 Å². The number of unbranched alkanes of at least 4 members (excludes halogenated alkanes) is 1. The third-order valence-electron chi connectivity index (χ3n) is 4.20. The summed E-state index contributed by atoms with van der Waals surface area (Å²) in [7, 11) is 0. The highest BCUT2D eigenvalue weighted by molar-refractivity contribution is 5.19. The second kappa shape index (κ2) is 8.63. The molecule has 0 saturated carbocycles. The van der Waals surface area contributed by atoms with Gasteiger partial charge in [0.15, 0.2) is 6.29 Å². The maximum absolute atomic E-state index is 6.00. The molecule has 122 valence electrons. The number of hydrogen-bond donors (Lipinski definition) is 0. The highest BCUT2D eigenvalue weighted by Crippen LogP contribution is 2.33. The second-order valence-electron chi connectivity index (χ2n) is 7.17. The minimum absolute atomic E-state index is 0.172. The summed E-state index contributed by atoms with van der Waals surface area (Å²) in [6.07, 6.45) is 12.4. The van der Waals surface area contributed by atoms with Crippen molar-refractivity contribution in [1.29, 1.82) is 0 Å². The number of rotatable bonds is 8. The van der Waals surface area contributed by atoms with Gasteiger partial charge in [0, 0.05) is 0 Å². The zero-order valence-electron chi connectivity index (χ0n) is 14.8. The molecule has 3 unspecified atom stereocenters. The van der Waals surface area contributed by atoms with Gasteiger partial charge in [0.05, 0.1) is 6.10 Å². The van der Waals surface area contributed by atoms with Crippen molar-refractivity contribution in [2.24, 2.45) is 11.3 Å². The lowest BCUT2D eigenvalue weighted by molar-refractivity contribution is -0.138. The summed E-state index contributed by atoms with van der Waals surface area (Å²) < 4.78 is 11.9. The zero-order valence-corrected chi connectivity index (χ0v) is 14.8. The Balaban J connectivity index is 2.40. The van der Waals surface area contributed by atoms with Gasteiger partial charge in [-0.25, -0.2) is 0 Å². The zero-order chi connectivity index (χ0) is 15.9. The Hall–Kier alpha value is -0.760. The molecule has 0 spiro atoms. The van der Waals surface area contributed by atoms with E-state index < -0.39 is 0 Å². The third-order valence-corrected chi connectivity index (χ3v) is 4.20. The second-order valence-corrected chi connectivity index (χ2v) is 7.17. The van der Waals surface area contributed by atoms with Crippen molar-refractivity contribution in [1.82, 2.24) is 0 Å². The summed E-state index contributed by atoms with van der Waals surface area (Å²) in [4.78, 5) is 0. The van der Waals surface area contributed by atoms with Crippen molar-refractivity contribution in [3.63, 3.8) is 0 Å². The normalized spacial score (nSPS) is 21.8. The minimum atomic E-state index is -0.172. The van der Waals surface area contributed by atoms with Gasteiger partial charge in [-0.15, -0.1) is 0 Å². The summed E-state index contributed by atoms with van der Waals surface area (Å²) in [5.41, 5.74) is 0.314. The molecule has 21 heavy (non-hydrogen) atoms. The molecule has 0 aromatic carbocycles. The van der Waals surface area contributed by atoms with Crippen LogP contribution in [0.3, 0.4) is 0 Å². The van der Waals surface area contributed by atoms with Gasteiger partial charge in [0.25, 0.3) is 0 Å². The fourth-order valence-electron chi connectivity index (χ4n) is 2.62. The van der Waals surface area contributed by atoms with Crippen LogP contribution in [-0.4, -0.2) is 12.4 Å². The van der Waals surface area contributed by atoms with E-state index in [1.165, 1.54) is 12.8 Å². The molecule has 0 saturated heterocycles. The van der Waals surface area contributed by atoms with E-state index >= 15 is 0 Å². The molecular formula is C19H34O2. The molecule has 0 aromatic rings. The van der Waals surface area contributed by atoms with E-state index in [4.69, 9.17) is 9.47 Å². The van der Waals surface area contributed by atoms with Crippen LogP contribution in [0.1, 0.15) is 73.6 Å². The molecule has 3 atom stereocenters. The van der Waals surface area contributed by atoms with Crippen LogP contribution >= 0.6 is 0 Å². The molecule has 0 radical (unpaired) electrons. The standard InChI is InChI=1S/C19H34O2/c1-7-9-10-17(8-2)20-15(3)21-18-13-11-16(12-14-18)19(4,5)6/h11,13-17H,7-10,12H2,1-6H3. The summed E-state index contributed by atoms with van der Waals surface area (Å²) in [6.45, 7) is 13.3. The molecule has 0 aromatic heterocycles. The monoisotopic (exact) mass is 294 g/mol. The molecule has 2 heteroatoms. The molecule has 2 nitrogen and oxygen atoms in total. The maximum atomic E-state index is 6.00. The van der Waals surface area contributed by atoms with Gasteiger partial charge in [0.2, 0.25) is 0 Å². The van der Waals surface area contributed by atoms with E-state index in [1.54, 1.807) is 0 Å². The van der Waals surface area contributed by atoms with E-state index in [1.807, 2.05) is 6.92 Å². The predicted molar refractivity (Wildman–Crippen MR) is 90.0 cm³/mol. The summed E-state index contributed by atoms with van der Waals surface area (Å²) in [6, 6.07) is 0. The molecule has 0 aliphatic heterocycles. The summed E-state index contributed by atoms with van der Waals surface area (Å²) >= 11 is 0. The summed E-state index contributed by atoms with van der Waals surface area (Å²) in [5, 5.41) is 0. The van der Waals surface area contributed by atoms with Gasteiger partial charge < -0.3 is 9.47 Å². The van der Waals surface area contributed by atoms with Crippen LogP contribution in [-0.2, 0) is 9.47 Å². The van der Waals surface area contributed by atoms with Crippen molar-refractivity contribution >= 4 is 0 Å². The highest BCUT2D eigenvalue weighted by atomic mass is 16.7. The van der Waals surface area contributed by atoms with E-state index in [0.717, 1.165) is 25.0 Å². The molecule has 0 N–H and O–H groups in total. The predicted octanol–water partition coefficient (Wildman–Crippen LogP) is 5.84. The lowest BCUT2D eigenvalue weighted by atomic mass is 9.77. The van der Waals surface area contributed by atoms with Crippen molar-refractivity contribution < 1.29 is 9.47 Å². The van der Waals surface area contributed by atoms with E-state index in [0.29, 0.717) is 17.4 Å². The Morgan fingerprint density at radius 2 is 2.00 bits per heavy atom. The molecular weight excluding hydrogens is 260 g/mol. The van der Waals surface area contributed by atoms with Gasteiger partial charge >= 0.3 is 0 Å². The molecule has 0 fully saturated rings. The number of ether oxygens (including phenoxy) is 2. The van der Waals surface area contributed by atoms with Crippen LogP contribution in [0.25, 0.3) is 0 Å². The smallest absolute Gasteiger partial charge is 0.197 e. The molecule has 0 heterocycles. The summed E-state index contributed by atoms with van der Waals surface area (Å²) in [5.74, 6) is 1.54. The van der Waals surface area contributed by atoms with Crippen LogP contribution in [0.2, 0.25) is 0 Å². The van der Waals surface area contributed by atoms with Gasteiger partial charge in [-0.1, -0.05) is 53.5 Å². The number of allylic oxidation sites excluding steroid dienone is 3. The average Bonchev–Trinajstić information content (AvgIpc) is 2.43. The lowest BCUT2D eigenvalue weighted by Gasteiger charge is -2.30. The first kappa shape index (κ1) is 18.3. The minimum Gasteiger partial charge on any atom is -0.466 e. The fraction of sp³-hybridized carbons (Fsp3) is 0.789. The maximum Gasteiger partial charge on any atom is 0.197 e. The van der Waals surface area contributed by atoms with E-state index in [-0.39, 0.29) is 6.29 Å². The Bertz CT molecular complexity index is 349. The van der Waals surface area contributed by atoms with Gasteiger partial charge in [-0.2, -0.15) is 0 Å². The Labute approximate surface area is 131 Å². The van der Waals surface area contributed by atoms with Crippen molar-refractivity contribution in [3.05, 3.63) is 24.0 Å². The molecule has 1 rings (SSSR count). The van der Waals surface area contributed by atoms with Crippen LogP contribution in [0, 0.1) is 11.3 Å². The highest BCUT2D eigenvalue weighted by Gasteiger charge is 2.23. The molecule has 1 aliphatic rings. The molecule has 0 bridgehead atoms. The van der Waals surface area contributed by atoms with Gasteiger partial charge in [0.1, 0.15) is 5.76 Å². The largest absolute Gasteiger partial charge is 0.466 e. The van der Waals surface area contributed by atoms with Crippen LogP contribution in [0.5, 0.6) is 0 Å². The van der Waals surface area contributed by atoms with Crippen LogP contribution in [0.15, 0.2) is 24.0 Å². The van der Waals surface area contributed by atoms with E-state index in [2.05, 4.69) is 52.8 Å². The average molecular weight is 294 g/mol. The quantitative estimate of drug-likeness (QED) is 0.523. The third kappa shape index (κ3) is 6.69. The Morgan fingerprint density at radius 1 is 1.29 bits per heavy atom. The van der Waals surface area contributed by atoms with Crippen molar-refractivity contribution in [2.75, 3.05) is 0 Å².